The van der Waals surface area contributed by atoms with Crippen molar-refractivity contribution in [3.8, 4) is 0 Å². The molecule has 1 aromatic carbocycles. The number of aryl methyl sites for hydroxylation is 1. The van der Waals surface area contributed by atoms with Crippen LogP contribution in [0.2, 0.25) is 0 Å². The fourth-order valence-corrected chi connectivity index (χ4v) is 2.21. The molecule has 0 atom stereocenters. The fourth-order valence-electron chi connectivity index (χ4n) is 2.21. The lowest BCUT2D eigenvalue weighted by atomic mass is 10.1. The number of nitrogens with zero attached hydrogens (tertiary/aromatic N) is 5. The van der Waals surface area contributed by atoms with Gasteiger partial charge in [-0.15, -0.1) is 5.10 Å². The van der Waals surface area contributed by atoms with E-state index < -0.39 is 0 Å². The first-order valence-electron chi connectivity index (χ1n) is 7.12. The zero-order chi connectivity index (χ0) is 15.9. The van der Waals surface area contributed by atoms with Gasteiger partial charge in [-0.05, 0) is 32.9 Å². The monoisotopic (exact) mass is 302 g/mol. The van der Waals surface area contributed by atoms with Crippen molar-refractivity contribution in [3.05, 3.63) is 35.9 Å². The maximum atomic E-state index is 13.3. The molecule has 0 aliphatic heterocycles. The van der Waals surface area contributed by atoms with Gasteiger partial charge in [0.15, 0.2) is 0 Å². The summed E-state index contributed by atoms with van der Waals surface area (Å²) >= 11 is 0. The minimum atomic E-state index is -0.287. The Labute approximate surface area is 128 Å². The maximum Gasteiger partial charge on any atom is 0.203 e. The van der Waals surface area contributed by atoms with E-state index in [9.17, 15) is 4.39 Å². The Bertz CT molecular complexity index is 811. The van der Waals surface area contributed by atoms with Crippen LogP contribution in [0.1, 0.15) is 26.5 Å². The Morgan fingerprint density at radius 1 is 1.27 bits per heavy atom. The number of benzene rings is 1. The van der Waals surface area contributed by atoms with Crippen LogP contribution in [0.4, 0.5) is 10.3 Å². The first-order chi connectivity index (χ1) is 10.3. The van der Waals surface area contributed by atoms with Crippen molar-refractivity contribution in [2.75, 3.05) is 5.32 Å². The van der Waals surface area contributed by atoms with Gasteiger partial charge in [0.25, 0.3) is 0 Å². The highest BCUT2D eigenvalue weighted by Gasteiger charge is 2.15. The third kappa shape index (κ3) is 2.66. The normalized spacial score (nSPS) is 12.0. The van der Waals surface area contributed by atoms with Crippen molar-refractivity contribution in [1.82, 2.24) is 24.5 Å². The van der Waals surface area contributed by atoms with Crippen LogP contribution in [0.15, 0.2) is 24.4 Å². The van der Waals surface area contributed by atoms with Crippen molar-refractivity contribution in [1.29, 1.82) is 0 Å². The summed E-state index contributed by atoms with van der Waals surface area (Å²) < 4.78 is 17.0. The SMILES string of the molecule is Cn1c(NCc2cn(C(C)(C)C)nn2)nc2cc(F)ccc21. The summed E-state index contributed by atoms with van der Waals surface area (Å²) in [5, 5.41) is 11.5. The van der Waals surface area contributed by atoms with Crippen LogP contribution in [0.3, 0.4) is 0 Å². The number of halogens is 1. The van der Waals surface area contributed by atoms with Gasteiger partial charge < -0.3 is 9.88 Å². The van der Waals surface area contributed by atoms with Gasteiger partial charge in [-0.3, -0.25) is 0 Å². The van der Waals surface area contributed by atoms with Gasteiger partial charge in [-0.1, -0.05) is 5.21 Å². The third-order valence-corrected chi connectivity index (χ3v) is 3.50. The highest BCUT2D eigenvalue weighted by molar-refractivity contribution is 5.78. The zero-order valence-electron chi connectivity index (χ0n) is 13.1. The second-order valence-corrected chi connectivity index (χ2v) is 6.31. The van der Waals surface area contributed by atoms with Crippen LogP contribution in [-0.2, 0) is 19.1 Å². The molecule has 0 bridgehead atoms. The molecule has 7 heteroatoms. The van der Waals surface area contributed by atoms with Crippen molar-refractivity contribution < 1.29 is 4.39 Å². The van der Waals surface area contributed by atoms with E-state index in [1.807, 2.05) is 22.5 Å². The lowest BCUT2D eigenvalue weighted by molar-refractivity contribution is 0.347. The summed E-state index contributed by atoms with van der Waals surface area (Å²) in [6, 6.07) is 4.58. The average molecular weight is 302 g/mol. The van der Waals surface area contributed by atoms with E-state index in [-0.39, 0.29) is 11.4 Å². The van der Waals surface area contributed by atoms with Crippen LogP contribution < -0.4 is 5.32 Å². The summed E-state index contributed by atoms with van der Waals surface area (Å²) in [6.07, 6.45) is 1.91. The Morgan fingerprint density at radius 2 is 2.05 bits per heavy atom. The predicted molar refractivity (Wildman–Crippen MR) is 83.0 cm³/mol. The molecule has 0 saturated carbocycles. The van der Waals surface area contributed by atoms with Gasteiger partial charge >= 0.3 is 0 Å². The van der Waals surface area contributed by atoms with Gasteiger partial charge in [0.2, 0.25) is 5.95 Å². The lowest BCUT2D eigenvalue weighted by Crippen LogP contribution is -2.22. The van der Waals surface area contributed by atoms with E-state index in [1.54, 1.807) is 6.07 Å². The van der Waals surface area contributed by atoms with Gasteiger partial charge in [0.05, 0.1) is 29.3 Å². The van der Waals surface area contributed by atoms with Crippen LogP contribution >= 0.6 is 0 Å². The summed E-state index contributed by atoms with van der Waals surface area (Å²) in [6.45, 7) is 6.71. The molecule has 2 heterocycles. The molecule has 22 heavy (non-hydrogen) atoms. The molecule has 0 amide bonds. The smallest absolute Gasteiger partial charge is 0.203 e. The molecule has 1 N–H and O–H groups in total. The molecular formula is C15H19FN6. The van der Waals surface area contributed by atoms with Crippen molar-refractivity contribution in [2.24, 2.45) is 7.05 Å². The van der Waals surface area contributed by atoms with Gasteiger partial charge in [0, 0.05) is 13.1 Å². The summed E-state index contributed by atoms with van der Waals surface area (Å²) in [4.78, 5) is 4.40. The molecule has 3 aromatic rings. The van der Waals surface area contributed by atoms with Crippen LogP contribution in [-0.4, -0.2) is 24.5 Å². The topological polar surface area (TPSA) is 60.6 Å². The Hall–Kier alpha value is -2.44. The summed E-state index contributed by atoms with van der Waals surface area (Å²) in [5.74, 6) is 0.385. The average Bonchev–Trinajstić information content (AvgIpc) is 3.01. The van der Waals surface area contributed by atoms with Crippen LogP contribution in [0.5, 0.6) is 0 Å². The number of hydrogen-bond acceptors (Lipinski definition) is 4. The van der Waals surface area contributed by atoms with Crippen molar-refractivity contribution >= 4 is 17.0 Å². The first kappa shape index (κ1) is 14.5. The highest BCUT2D eigenvalue weighted by Crippen LogP contribution is 2.19. The van der Waals surface area contributed by atoms with E-state index in [0.29, 0.717) is 18.0 Å². The van der Waals surface area contributed by atoms with E-state index in [2.05, 4.69) is 41.4 Å². The molecule has 0 saturated heterocycles. The van der Waals surface area contributed by atoms with Gasteiger partial charge in [-0.25, -0.2) is 14.1 Å². The molecule has 0 unspecified atom stereocenters. The molecule has 0 aliphatic rings. The third-order valence-electron chi connectivity index (χ3n) is 3.50. The molecule has 0 radical (unpaired) electrons. The molecule has 0 spiro atoms. The lowest BCUT2D eigenvalue weighted by Gasteiger charge is -2.17. The largest absolute Gasteiger partial charge is 0.350 e. The quantitative estimate of drug-likeness (QED) is 0.808. The standard InChI is InChI=1S/C15H19FN6/c1-15(2,3)22-9-11(19-20-22)8-17-14-18-12-7-10(16)5-6-13(12)21(14)4/h5-7,9H,8H2,1-4H3,(H,17,18). The molecular weight excluding hydrogens is 283 g/mol. The van der Waals surface area contributed by atoms with Crippen molar-refractivity contribution in [3.63, 3.8) is 0 Å². The second-order valence-electron chi connectivity index (χ2n) is 6.31. The minimum absolute atomic E-state index is 0.0965. The summed E-state index contributed by atoms with van der Waals surface area (Å²) in [5.41, 5.74) is 2.24. The highest BCUT2D eigenvalue weighted by atomic mass is 19.1. The number of rotatable bonds is 3. The Morgan fingerprint density at radius 3 is 2.73 bits per heavy atom. The fraction of sp³-hybridized carbons (Fsp3) is 0.400. The number of nitrogens with one attached hydrogen (secondary N) is 1. The minimum Gasteiger partial charge on any atom is -0.350 e. The molecule has 3 rings (SSSR count). The van der Waals surface area contributed by atoms with Crippen molar-refractivity contribution in [2.45, 2.75) is 32.9 Å². The van der Waals surface area contributed by atoms with E-state index >= 15 is 0 Å². The zero-order valence-corrected chi connectivity index (χ0v) is 13.1. The Balaban J connectivity index is 1.79. The van der Waals surface area contributed by atoms with Gasteiger partial charge in [0.1, 0.15) is 11.5 Å². The van der Waals surface area contributed by atoms with E-state index in [0.717, 1.165) is 11.2 Å². The summed E-state index contributed by atoms with van der Waals surface area (Å²) in [7, 11) is 1.89. The molecule has 116 valence electrons. The van der Waals surface area contributed by atoms with Crippen LogP contribution in [0, 0.1) is 5.82 Å². The molecule has 0 aliphatic carbocycles. The number of fused-ring (bicyclic) bond motifs is 1. The van der Waals surface area contributed by atoms with Gasteiger partial charge in [-0.2, -0.15) is 0 Å². The predicted octanol–water partition coefficient (Wildman–Crippen LogP) is 2.67. The number of hydrogen-bond donors (Lipinski definition) is 1. The number of aromatic nitrogens is 5. The number of imidazole rings is 1. The maximum absolute atomic E-state index is 13.3. The van der Waals surface area contributed by atoms with E-state index in [1.165, 1.54) is 12.1 Å². The molecule has 2 aromatic heterocycles. The molecule has 0 fully saturated rings. The van der Waals surface area contributed by atoms with Crippen LogP contribution in [0.25, 0.3) is 11.0 Å². The first-order valence-corrected chi connectivity index (χ1v) is 7.12. The van der Waals surface area contributed by atoms with E-state index in [4.69, 9.17) is 0 Å². The Kier molecular flexibility index (Phi) is 3.35. The number of anilines is 1. The second kappa shape index (κ2) is 5.08. The molecule has 6 nitrogen and oxygen atoms in total.